The lowest BCUT2D eigenvalue weighted by Crippen LogP contribution is -2.52. The zero-order valence-corrected chi connectivity index (χ0v) is 17.3. The van der Waals surface area contributed by atoms with Crippen LogP contribution >= 0.6 is 11.3 Å². The molecule has 2 amide bonds. The number of anilines is 1. The number of rotatable bonds is 3. The van der Waals surface area contributed by atoms with Crippen LogP contribution in [0.25, 0.3) is 21.5 Å². The zero-order chi connectivity index (χ0) is 20.5. The Balaban J connectivity index is 1.50. The van der Waals surface area contributed by atoms with E-state index in [2.05, 4.69) is 25.5 Å². The lowest BCUT2D eigenvalue weighted by Gasteiger charge is -2.37. The summed E-state index contributed by atoms with van der Waals surface area (Å²) in [6, 6.07) is 3.20. The van der Waals surface area contributed by atoms with Gasteiger partial charge in [0, 0.05) is 29.7 Å². The van der Waals surface area contributed by atoms with Crippen LogP contribution in [0.1, 0.15) is 11.4 Å². The highest BCUT2D eigenvalue weighted by molar-refractivity contribution is 7.14. The predicted molar refractivity (Wildman–Crippen MR) is 111 cm³/mol. The van der Waals surface area contributed by atoms with E-state index in [4.69, 9.17) is 0 Å². The van der Waals surface area contributed by atoms with Crippen molar-refractivity contribution in [3.63, 3.8) is 0 Å². The number of likely N-dealkylation sites (tertiary alicyclic amines) is 1. The Morgan fingerprint density at radius 3 is 2.79 bits per heavy atom. The lowest BCUT2D eigenvalue weighted by atomic mass is 10.0. The second-order valence-electron chi connectivity index (χ2n) is 7.32. The smallest absolute Gasteiger partial charge is 0.321 e. The number of carbonyl (C=O) groups is 1. The molecule has 2 atom stereocenters. The van der Waals surface area contributed by atoms with Crippen LogP contribution in [-0.2, 0) is 0 Å². The molecule has 0 aromatic carbocycles. The fourth-order valence-corrected chi connectivity index (χ4v) is 4.15. The molecule has 4 heterocycles. The average molecular weight is 415 g/mol. The molecule has 0 bridgehead atoms. The van der Waals surface area contributed by atoms with Crippen LogP contribution in [0.15, 0.2) is 24.5 Å². The molecule has 10 heteroatoms. The zero-order valence-electron chi connectivity index (χ0n) is 16.5. The van der Waals surface area contributed by atoms with Crippen molar-refractivity contribution in [2.24, 2.45) is 0 Å². The van der Waals surface area contributed by atoms with Crippen molar-refractivity contribution in [1.82, 2.24) is 30.0 Å². The average Bonchev–Trinajstić information content (AvgIpc) is 3.13. The summed E-state index contributed by atoms with van der Waals surface area (Å²) in [4.78, 5) is 24.6. The SMILES string of the molecule is Cc1nnc(-c2cnc3cnc(NC(=O)N4CC[C@H](N(C)C)[C@@H](F)C4)cc3c2)s1. The Hall–Kier alpha value is -2.72. The number of halogens is 1. The summed E-state index contributed by atoms with van der Waals surface area (Å²) in [5.41, 5.74) is 1.57. The number of amides is 2. The van der Waals surface area contributed by atoms with Gasteiger partial charge in [-0.1, -0.05) is 11.3 Å². The first-order valence-electron chi connectivity index (χ1n) is 9.33. The fraction of sp³-hybridized carbons (Fsp3) is 0.421. The van der Waals surface area contributed by atoms with Crippen molar-refractivity contribution < 1.29 is 9.18 Å². The molecular weight excluding hydrogens is 393 g/mol. The van der Waals surface area contributed by atoms with E-state index in [1.165, 1.54) is 16.2 Å². The van der Waals surface area contributed by atoms with Gasteiger partial charge >= 0.3 is 6.03 Å². The fourth-order valence-electron chi connectivity index (χ4n) is 3.48. The van der Waals surface area contributed by atoms with Gasteiger partial charge in [-0.3, -0.25) is 10.3 Å². The van der Waals surface area contributed by atoms with E-state index in [9.17, 15) is 9.18 Å². The minimum Gasteiger partial charge on any atom is -0.321 e. The third-order valence-corrected chi connectivity index (χ3v) is 5.92. The molecule has 1 aliphatic heterocycles. The summed E-state index contributed by atoms with van der Waals surface area (Å²) in [5, 5.41) is 13.5. The molecule has 3 aromatic rings. The molecule has 1 N–H and O–H groups in total. The van der Waals surface area contributed by atoms with Crippen molar-refractivity contribution >= 4 is 34.1 Å². The number of pyridine rings is 2. The number of piperidine rings is 1. The van der Waals surface area contributed by atoms with Crippen LogP contribution in [0.4, 0.5) is 15.0 Å². The number of urea groups is 1. The van der Waals surface area contributed by atoms with Crippen molar-refractivity contribution in [3.8, 4) is 10.6 Å². The number of aryl methyl sites for hydroxylation is 1. The van der Waals surface area contributed by atoms with E-state index in [0.717, 1.165) is 21.0 Å². The van der Waals surface area contributed by atoms with Gasteiger partial charge in [0.1, 0.15) is 22.0 Å². The molecule has 3 aromatic heterocycles. The second kappa shape index (κ2) is 7.96. The standard InChI is InChI=1S/C19H22FN7OS/c1-11-24-25-18(29-11)13-6-12-7-17(22-9-15(12)21-8-13)23-19(28)27-5-4-16(26(2)3)14(20)10-27/h6-9,14,16H,4-5,10H2,1-3H3,(H,22,23,28)/t14-,16-/m0/s1. The van der Waals surface area contributed by atoms with E-state index in [1.807, 2.05) is 32.0 Å². The molecule has 8 nitrogen and oxygen atoms in total. The first kappa shape index (κ1) is 19.6. The molecule has 1 saturated heterocycles. The highest BCUT2D eigenvalue weighted by Crippen LogP contribution is 2.26. The molecular formula is C19H22FN7OS. The molecule has 4 rings (SSSR count). The number of nitrogens with zero attached hydrogens (tertiary/aromatic N) is 6. The molecule has 1 fully saturated rings. The Labute approximate surface area is 171 Å². The number of hydrogen-bond donors (Lipinski definition) is 1. The largest absolute Gasteiger partial charge is 0.323 e. The summed E-state index contributed by atoms with van der Waals surface area (Å²) < 4.78 is 14.4. The van der Waals surface area contributed by atoms with E-state index >= 15 is 0 Å². The van der Waals surface area contributed by atoms with Crippen LogP contribution in [-0.4, -0.2) is 75.4 Å². The molecule has 0 aliphatic carbocycles. The van der Waals surface area contributed by atoms with Crippen molar-refractivity contribution in [2.75, 3.05) is 32.5 Å². The minimum absolute atomic E-state index is 0.0738. The summed E-state index contributed by atoms with van der Waals surface area (Å²) in [6.45, 7) is 2.48. The highest BCUT2D eigenvalue weighted by atomic mass is 32.1. The molecule has 0 unspecified atom stereocenters. The van der Waals surface area contributed by atoms with Crippen LogP contribution in [0.3, 0.4) is 0 Å². The van der Waals surface area contributed by atoms with Gasteiger partial charge in [-0.05, 0) is 39.6 Å². The van der Waals surface area contributed by atoms with E-state index in [1.54, 1.807) is 18.5 Å². The van der Waals surface area contributed by atoms with Crippen LogP contribution in [0, 0.1) is 6.92 Å². The van der Waals surface area contributed by atoms with Gasteiger partial charge in [0.15, 0.2) is 0 Å². The van der Waals surface area contributed by atoms with Gasteiger partial charge in [-0.15, -0.1) is 10.2 Å². The van der Waals surface area contributed by atoms with Gasteiger partial charge in [0.2, 0.25) is 0 Å². The maximum absolute atomic E-state index is 14.4. The molecule has 0 radical (unpaired) electrons. The monoisotopic (exact) mass is 415 g/mol. The molecule has 152 valence electrons. The van der Waals surface area contributed by atoms with E-state index < -0.39 is 6.17 Å². The summed E-state index contributed by atoms with van der Waals surface area (Å²) >= 11 is 1.49. The predicted octanol–water partition coefficient (Wildman–Crippen LogP) is 2.96. The number of hydrogen-bond acceptors (Lipinski definition) is 7. The van der Waals surface area contributed by atoms with Gasteiger partial charge < -0.3 is 9.80 Å². The Kier molecular flexibility index (Phi) is 5.37. The number of fused-ring (bicyclic) bond motifs is 1. The third kappa shape index (κ3) is 4.18. The molecule has 0 spiro atoms. The number of carbonyl (C=O) groups excluding carboxylic acids is 1. The lowest BCUT2D eigenvalue weighted by molar-refractivity contribution is 0.0755. The third-order valence-electron chi connectivity index (χ3n) is 5.03. The Morgan fingerprint density at radius 2 is 2.10 bits per heavy atom. The molecule has 0 saturated carbocycles. The molecule has 29 heavy (non-hydrogen) atoms. The topological polar surface area (TPSA) is 87.1 Å². The maximum Gasteiger partial charge on any atom is 0.323 e. The van der Waals surface area contributed by atoms with Crippen LogP contribution < -0.4 is 5.32 Å². The number of nitrogens with one attached hydrogen (secondary N) is 1. The van der Waals surface area contributed by atoms with Crippen LogP contribution in [0.5, 0.6) is 0 Å². The van der Waals surface area contributed by atoms with Gasteiger partial charge in [-0.25, -0.2) is 14.2 Å². The Morgan fingerprint density at radius 1 is 1.28 bits per heavy atom. The van der Waals surface area contributed by atoms with Gasteiger partial charge in [0.05, 0.1) is 18.3 Å². The summed E-state index contributed by atoms with van der Waals surface area (Å²) in [5.74, 6) is 0.403. The summed E-state index contributed by atoms with van der Waals surface area (Å²) in [6.07, 6.45) is 2.87. The minimum atomic E-state index is -1.07. The quantitative estimate of drug-likeness (QED) is 0.708. The molecule has 1 aliphatic rings. The summed E-state index contributed by atoms with van der Waals surface area (Å²) in [7, 11) is 3.72. The van der Waals surface area contributed by atoms with Crippen LogP contribution in [0.2, 0.25) is 0 Å². The maximum atomic E-state index is 14.4. The van der Waals surface area contributed by atoms with Crippen molar-refractivity contribution in [1.29, 1.82) is 0 Å². The van der Waals surface area contributed by atoms with Crippen molar-refractivity contribution in [3.05, 3.63) is 29.5 Å². The second-order valence-corrected chi connectivity index (χ2v) is 8.51. The first-order valence-corrected chi connectivity index (χ1v) is 10.1. The van der Waals surface area contributed by atoms with Gasteiger partial charge in [0.25, 0.3) is 0 Å². The number of aromatic nitrogens is 4. The highest BCUT2D eigenvalue weighted by Gasteiger charge is 2.32. The number of alkyl halides is 1. The normalized spacial score (nSPS) is 19.7. The first-order chi connectivity index (χ1) is 13.9. The van der Waals surface area contributed by atoms with E-state index in [-0.39, 0.29) is 18.6 Å². The van der Waals surface area contributed by atoms with E-state index in [0.29, 0.717) is 24.3 Å². The van der Waals surface area contributed by atoms with Gasteiger partial charge in [-0.2, -0.15) is 0 Å². The Bertz CT molecular complexity index is 1040. The van der Waals surface area contributed by atoms with Crippen molar-refractivity contribution in [2.45, 2.75) is 25.6 Å².